The molecule has 0 N–H and O–H groups in total. The number of halogens is 1. The van der Waals surface area contributed by atoms with Crippen molar-refractivity contribution in [1.82, 2.24) is 0 Å². The first kappa shape index (κ1) is 13.4. The normalized spacial score (nSPS) is 14.0. The van der Waals surface area contributed by atoms with Crippen molar-refractivity contribution in [3.8, 4) is 0 Å². The second kappa shape index (κ2) is 5.41. The highest BCUT2D eigenvalue weighted by molar-refractivity contribution is 9.10. The molecule has 2 aromatic carbocycles. The molecule has 1 aliphatic heterocycles. The third-order valence-electron chi connectivity index (χ3n) is 3.67. The number of rotatable bonds is 1. The van der Waals surface area contributed by atoms with E-state index in [0.29, 0.717) is 0 Å². The van der Waals surface area contributed by atoms with Gasteiger partial charge in [-0.3, -0.25) is 4.79 Å². The maximum Gasteiger partial charge on any atom is 0.258 e. The number of nitrogens with zero attached hydrogens (tertiary/aromatic N) is 1. The van der Waals surface area contributed by atoms with Crippen molar-refractivity contribution in [2.75, 3.05) is 11.4 Å². The number of hydrogen-bond acceptors (Lipinski definition) is 1. The number of anilines is 1. The summed E-state index contributed by atoms with van der Waals surface area (Å²) in [4.78, 5) is 14.6. The van der Waals surface area contributed by atoms with Gasteiger partial charge in [-0.25, -0.2) is 0 Å². The summed E-state index contributed by atoms with van der Waals surface area (Å²) in [6.07, 6.45) is 2.08. The molecule has 0 unspecified atom stereocenters. The molecule has 0 aromatic heterocycles. The van der Waals surface area contributed by atoms with Crippen LogP contribution in [0, 0.1) is 6.92 Å². The van der Waals surface area contributed by atoms with Crippen molar-refractivity contribution < 1.29 is 4.79 Å². The van der Waals surface area contributed by atoms with Crippen LogP contribution in [0.25, 0.3) is 0 Å². The van der Waals surface area contributed by atoms with Gasteiger partial charge in [0.05, 0.1) is 0 Å². The highest BCUT2D eigenvalue weighted by Gasteiger charge is 2.23. The fourth-order valence-electron chi connectivity index (χ4n) is 2.71. The first-order valence-electron chi connectivity index (χ1n) is 6.82. The van der Waals surface area contributed by atoms with Crippen LogP contribution in [0.4, 0.5) is 5.69 Å². The van der Waals surface area contributed by atoms with Crippen LogP contribution in [0.1, 0.15) is 27.9 Å². The third kappa shape index (κ3) is 2.50. The predicted molar refractivity (Wildman–Crippen MR) is 85.3 cm³/mol. The van der Waals surface area contributed by atoms with E-state index < -0.39 is 0 Å². The molecule has 3 rings (SSSR count). The van der Waals surface area contributed by atoms with Gasteiger partial charge in [-0.1, -0.05) is 39.7 Å². The Bertz CT molecular complexity index is 666. The monoisotopic (exact) mass is 329 g/mol. The molecule has 3 heteroatoms. The van der Waals surface area contributed by atoms with Crippen molar-refractivity contribution in [2.24, 2.45) is 0 Å². The van der Waals surface area contributed by atoms with E-state index >= 15 is 0 Å². The lowest BCUT2D eigenvalue weighted by Gasteiger charge is -2.30. The summed E-state index contributed by atoms with van der Waals surface area (Å²) in [6.45, 7) is 2.89. The van der Waals surface area contributed by atoms with E-state index in [1.165, 1.54) is 11.1 Å². The number of carbonyl (C=O) groups excluding carboxylic acids is 1. The lowest BCUT2D eigenvalue weighted by Crippen LogP contribution is -2.35. The van der Waals surface area contributed by atoms with Crippen LogP contribution in [0.2, 0.25) is 0 Å². The Morgan fingerprint density at radius 1 is 1.20 bits per heavy atom. The zero-order chi connectivity index (χ0) is 14.1. The Hall–Kier alpha value is -1.61. The van der Waals surface area contributed by atoms with Gasteiger partial charge in [0.25, 0.3) is 5.91 Å². The molecule has 102 valence electrons. The van der Waals surface area contributed by atoms with E-state index in [2.05, 4.69) is 41.1 Å². The zero-order valence-electron chi connectivity index (χ0n) is 11.4. The minimum Gasteiger partial charge on any atom is -0.308 e. The molecule has 0 spiro atoms. The molecular weight excluding hydrogens is 314 g/mol. The molecule has 20 heavy (non-hydrogen) atoms. The first-order chi connectivity index (χ1) is 9.65. The summed E-state index contributed by atoms with van der Waals surface area (Å²) >= 11 is 3.42. The Morgan fingerprint density at radius 3 is 2.85 bits per heavy atom. The molecule has 0 bridgehead atoms. The number of carbonyl (C=O) groups is 1. The molecule has 0 saturated carbocycles. The SMILES string of the molecule is Cc1ccc2c(c1)CCCN2C(=O)c1cccc(Br)c1. The third-order valence-corrected chi connectivity index (χ3v) is 4.16. The second-order valence-corrected chi connectivity index (χ2v) is 6.12. The number of fused-ring (bicyclic) bond motifs is 1. The van der Waals surface area contributed by atoms with Crippen LogP contribution in [0.5, 0.6) is 0 Å². The van der Waals surface area contributed by atoms with Gasteiger partial charge in [-0.2, -0.15) is 0 Å². The van der Waals surface area contributed by atoms with Gasteiger partial charge in [0.2, 0.25) is 0 Å². The van der Waals surface area contributed by atoms with E-state index in [1.54, 1.807) is 0 Å². The molecule has 0 aliphatic carbocycles. The smallest absolute Gasteiger partial charge is 0.258 e. The standard InChI is InChI=1S/C17H16BrNO/c1-12-7-8-16-13(10-12)5-3-9-19(16)17(20)14-4-2-6-15(18)11-14/h2,4,6-8,10-11H,3,5,9H2,1H3. The molecule has 0 saturated heterocycles. The molecule has 0 fully saturated rings. The number of benzene rings is 2. The van der Waals surface area contributed by atoms with Crippen molar-refractivity contribution >= 4 is 27.5 Å². The predicted octanol–water partition coefficient (Wildman–Crippen LogP) is 4.35. The van der Waals surface area contributed by atoms with Gasteiger partial charge in [0.15, 0.2) is 0 Å². The summed E-state index contributed by atoms with van der Waals surface area (Å²) in [5.41, 5.74) is 4.32. The van der Waals surface area contributed by atoms with Gasteiger partial charge < -0.3 is 4.90 Å². The molecule has 0 radical (unpaired) electrons. The van der Waals surface area contributed by atoms with Crippen LogP contribution >= 0.6 is 15.9 Å². The number of aryl methyl sites for hydroxylation is 2. The molecule has 1 heterocycles. The van der Waals surface area contributed by atoms with Crippen molar-refractivity contribution in [1.29, 1.82) is 0 Å². The fraction of sp³-hybridized carbons (Fsp3) is 0.235. The highest BCUT2D eigenvalue weighted by Crippen LogP contribution is 2.29. The summed E-state index contributed by atoms with van der Waals surface area (Å²) < 4.78 is 0.935. The Balaban J connectivity index is 1.98. The summed E-state index contributed by atoms with van der Waals surface area (Å²) in [5, 5.41) is 0. The van der Waals surface area contributed by atoms with Crippen molar-refractivity contribution in [3.63, 3.8) is 0 Å². The molecule has 1 aliphatic rings. The van der Waals surface area contributed by atoms with Crippen LogP contribution < -0.4 is 4.90 Å². The van der Waals surface area contributed by atoms with Crippen LogP contribution in [0.3, 0.4) is 0 Å². The molecule has 0 atom stereocenters. The topological polar surface area (TPSA) is 20.3 Å². The second-order valence-electron chi connectivity index (χ2n) is 5.20. The van der Waals surface area contributed by atoms with E-state index in [4.69, 9.17) is 0 Å². The van der Waals surface area contributed by atoms with Crippen LogP contribution in [-0.4, -0.2) is 12.5 Å². The first-order valence-corrected chi connectivity index (χ1v) is 7.61. The minimum atomic E-state index is 0.0797. The van der Waals surface area contributed by atoms with Crippen molar-refractivity contribution in [3.05, 3.63) is 63.6 Å². The molecule has 2 nitrogen and oxygen atoms in total. The number of hydrogen-bond donors (Lipinski definition) is 0. The van der Waals surface area contributed by atoms with Crippen LogP contribution in [-0.2, 0) is 6.42 Å². The quantitative estimate of drug-likeness (QED) is 0.761. The lowest BCUT2D eigenvalue weighted by atomic mass is 9.99. The van der Waals surface area contributed by atoms with Gasteiger partial charge in [-0.05, 0) is 49.6 Å². The maximum atomic E-state index is 12.7. The van der Waals surface area contributed by atoms with Gasteiger partial charge in [0, 0.05) is 22.3 Å². The summed E-state index contributed by atoms with van der Waals surface area (Å²) in [6, 6.07) is 13.9. The van der Waals surface area contributed by atoms with Gasteiger partial charge >= 0.3 is 0 Å². The largest absolute Gasteiger partial charge is 0.308 e. The Labute approximate surface area is 127 Å². The van der Waals surface area contributed by atoms with E-state index in [1.807, 2.05) is 29.2 Å². The average Bonchev–Trinajstić information content (AvgIpc) is 2.45. The Kier molecular flexibility index (Phi) is 3.62. The lowest BCUT2D eigenvalue weighted by molar-refractivity contribution is 0.0985. The molecule has 1 amide bonds. The number of amides is 1. The maximum absolute atomic E-state index is 12.7. The minimum absolute atomic E-state index is 0.0797. The highest BCUT2D eigenvalue weighted by atomic mass is 79.9. The van der Waals surface area contributed by atoms with Crippen molar-refractivity contribution in [2.45, 2.75) is 19.8 Å². The zero-order valence-corrected chi connectivity index (χ0v) is 13.0. The van der Waals surface area contributed by atoms with E-state index in [-0.39, 0.29) is 5.91 Å². The van der Waals surface area contributed by atoms with Gasteiger partial charge in [0.1, 0.15) is 0 Å². The Morgan fingerprint density at radius 2 is 2.05 bits per heavy atom. The summed E-state index contributed by atoms with van der Waals surface area (Å²) in [5.74, 6) is 0.0797. The van der Waals surface area contributed by atoms with E-state index in [0.717, 1.165) is 35.1 Å². The fourth-order valence-corrected chi connectivity index (χ4v) is 3.11. The van der Waals surface area contributed by atoms with Gasteiger partial charge in [-0.15, -0.1) is 0 Å². The van der Waals surface area contributed by atoms with Crippen LogP contribution in [0.15, 0.2) is 46.9 Å². The average molecular weight is 330 g/mol. The summed E-state index contributed by atoms with van der Waals surface area (Å²) in [7, 11) is 0. The van der Waals surface area contributed by atoms with E-state index in [9.17, 15) is 4.79 Å². The molecular formula is C17H16BrNO. The molecule has 2 aromatic rings.